The summed E-state index contributed by atoms with van der Waals surface area (Å²) in [6, 6.07) is 11.7. The third-order valence-electron chi connectivity index (χ3n) is 5.49. The third kappa shape index (κ3) is 3.28. The summed E-state index contributed by atoms with van der Waals surface area (Å²) < 4.78 is 38.6. The molecular weight excluding hydrogens is 382 g/mol. The molecule has 2 aliphatic rings. The molecule has 0 bridgehead atoms. The largest absolute Gasteiger partial charge is 0.496 e. The highest BCUT2D eigenvalue weighted by molar-refractivity contribution is 5.97. The molecule has 0 saturated carbocycles. The molecule has 0 aromatic heterocycles. The van der Waals surface area contributed by atoms with E-state index in [1.165, 1.54) is 18.1 Å². The number of fused-ring (bicyclic) bond motifs is 1. The van der Waals surface area contributed by atoms with Gasteiger partial charge in [-0.05, 0) is 17.7 Å². The summed E-state index contributed by atoms with van der Waals surface area (Å²) in [4.78, 5) is 28.4. The molecule has 2 heterocycles. The summed E-state index contributed by atoms with van der Waals surface area (Å²) in [6.45, 7) is 0.694. The molecule has 2 aromatic carbocycles. The Kier molecular flexibility index (Phi) is 4.86. The van der Waals surface area contributed by atoms with Crippen molar-refractivity contribution in [2.24, 2.45) is 0 Å². The Morgan fingerprint density at radius 2 is 1.93 bits per heavy atom. The molecule has 4 rings (SSSR count). The second kappa shape index (κ2) is 7.35. The van der Waals surface area contributed by atoms with E-state index in [2.05, 4.69) is 0 Å². The van der Waals surface area contributed by atoms with E-state index >= 15 is 0 Å². The molecule has 2 aliphatic heterocycles. The van der Waals surface area contributed by atoms with Crippen molar-refractivity contribution in [1.29, 1.82) is 0 Å². The maximum atomic E-state index is 14.4. The molecule has 0 aliphatic carbocycles. The van der Waals surface area contributed by atoms with Gasteiger partial charge in [0.1, 0.15) is 23.5 Å². The highest BCUT2D eigenvalue weighted by Crippen LogP contribution is 2.34. The molecule has 1 atom stereocenters. The van der Waals surface area contributed by atoms with Crippen molar-refractivity contribution in [1.82, 2.24) is 9.80 Å². The van der Waals surface area contributed by atoms with E-state index in [0.717, 1.165) is 11.6 Å². The number of carbonyl (C=O) groups excluding carboxylic acids is 2. The topological polar surface area (TPSA) is 59.1 Å². The zero-order chi connectivity index (χ0) is 20.6. The summed E-state index contributed by atoms with van der Waals surface area (Å²) in [5, 5.41) is 0. The number of rotatable bonds is 4. The van der Waals surface area contributed by atoms with Gasteiger partial charge in [0.05, 0.1) is 7.11 Å². The van der Waals surface area contributed by atoms with Gasteiger partial charge in [-0.3, -0.25) is 9.69 Å². The van der Waals surface area contributed by atoms with Gasteiger partial charge in [0.25, 0.3) is 5.91 Å². The predicted octanol–water partition coefficient (Wildman–Crippen LogP) is 2.86. The van der Waals surface area contributed by atoms with Crippen molar-refractivity contribution in [2.45, 2.75) is 12.0 Å². The minimum Gasteiger partial charge on any atom is -0.496 e. The van der Waals surface area contributed by atoms with Gasteiger partial charge in [-0.1, -0.05) is 30.3 Å². The number of halogens is 2. The molecule has 8 heteroatoms. The highest BCUT2D eigenvalue weighted by Gasteiger charge is 2.51. The molecule has 2 aromatic rings. The molecule has 29 heavy (non-hydrogen) atoms. The molecule has 0 radical (unpaired) electrons. The van der Waals surface area contributed by atoms with E-state index in [0.29, 0.717) is 6.42 Å². The van der Waals surface area contributed by atoms with Gasteiger partial charge >= 0.3 is 6.09 Å². The van der Waals surface area contributed by atoms with Gasteiger partial charge in [-0.2, -0.15) is 0 Å². The summed E-state index contributed by atoms with van der Waals surface area (Å²) in [6.07, 6.45) is 0.0501. The van der Waals surface area contributed by atoms with Crippen LogP contribution in [-0.4, -0.2) is 60.7 Å². The Hall–Kier alpha value is -3.16. The lowest BCUT2D eigenvalue weighted by Gasteiger charge is -2.44. The lowest BCUT2D eigenvalue weighted by molar-refractivity contribution is 0.0368. The van der Waals surface area contributed by atoms with E-state index in [9.17, 15) is 18.4 Å². The van der Waals surface area contributed by atoms with Crippen molar-refractivity contribution < 1.29 is 27.8 Å². The Labute approximate surface area is 166 Å². The lowest BCUT2D eigenvalue weighted by atomic mass is 9.88. The van der Waals surface area contributed by atoms with E-state index in [4.69, 9.17) is 9.47 Å². The number of methoxy groups -OCH3 is 1. The van der Waals surface area contributed by atoms with Gasteiger partial charge in [-0.25, -0.2) is 13.6 Å². The van der Waals surface area contributed by atoms with E-state index in [1.54, 1.807) is 4.90 Å². The second-order valence-corrected chi connectivity index (χ2v) is 7.26. The number of benzene rings is 2. The van der Waals surface area contributed by atoms with Crippen LogP contribution in [0.4, 0.5) is 13.6 Å². The first-order chi connectivity index (χ1) is 13.9. The minimum atomic E-state index is -1.24. The average molecular weight is 402 g/mol. The van der Waals surface area contributed by atoms with Crippen molar-refractivity contribution in [3.05, 3.63) is 65.2 Å². The van der Waals surface area contributed by atoms with Crippen LogP contribution in [0.15, 0.2) is 42.5 Å². The number of ether oxygens (including phenoxy) is 2. The van der Waals surface area contributed by atoms with Gasteiger partial charge in [-0.15, -0.1) is 0 Å². The Morgan fingerprint density at radius 1 is 1.17 bits per heavy atom. The van der Waals surface area contributed by atoms with Crippen LogP contribution >= 0.6 is 0 Å². The zero-order valence-corrected chi connectivity index (χ0v) is 15.9. The average Bonchev–Trinajstić information content (AvgIpc) is 3.05. The number of cyclic esters (lactones) is 1. The van der Waals surface area contributed by atoms with E-state index in [-0.39, 0.29) is 32.0 Å². The van der Waals surface area contributed by atoms with Crippen LogP contribution in [0.2, 0.25) is 0 Å². The van der Waals surface area contributed by atoms with Crippen LogP contribution in [0, 0.1) is 11.6 Å². The number of nitrogens with zero attached hydrogens (tertiary/aromatic N) is 2. The summed E-state index contributed by atoms with van der Waals surface area (Å²) in [5.41, 5.74) is -0.218. The number of carbonyl (C=O) groups is 2. The predicted molar refractivity (Wildman–Crippen MR) is 99.7 cm³/mol. The molecule has 0 spiro atoms. The van der Waals surface area contributed by atoms with Gasteiger partial charge < -0.3 is 14.4 Å². The van der Waals surface area contributed by atoms with Crippen molar-refractivity contribution >= 4 is 12.0 Å². The number of hydrogen-bond donors (Lipinski definition) is 0. The molecule has 0 N–H and O–H groups in total. The normalized spacial score (nSPS) is 21.0. The van der Waals surface area contributed by atoms with Crippen molar-refractivity contribution in [2.75, 3.05) is 33.4 Å². The Balaban J connectivity index is 1.66. The molecule has 2 fully saturated rings. The standard InChI is InChI=1S/C21H20F2N2O4/c1-28-16-8-7-15(22)18(23)17(16)19(26)24-9-10-25-20(27)29-13-21(25,12-24)11-14-5-3-2-4-6-14/h2-8H,9-13H2,1H3. The molecule has 152 valence electrons. The minimum absolute atomic E-state index is 0.0350. The van der Waals surface area contributed by atoms with E-state index < -0.39 is 34.7 Å². The fraction of sp³-hybridized carbons (Fsp3) is 0.333. The van der Waals surface area contributed by atoms with Crippen LogP contribution in [0.25, 0.3) is 0 Å². The molecular formula is C21H20F2N2O4. The SMILES string of the molecule is COc1ccc(F)c(F)c1C(=O)N1CCN2C(=O)OCC2(Cc2ccccc2)C1. The van der Waals surface area contributed by atoms with E-state index in [1.807, 2.05) is 30.3 Å². The van der Waals surface area contributed by atoms with Crippen LogP contribution in [-0.2, 0) is 11.2 Å². The Morgan fingerprint density at radius 3 is 2.66 bits per heavy atom. The number of piperazine rings is 1. The fourth-order valence-electron chi connectivity index (χ4n) is 4.07. The van der Waals surface area contributed by atoms with Crippen molar-refractivity contribution in [3.8, 4) is 5.75 Å². The summed E-state index contributed by atoms with van der Waals surface area (Å²) in [5.74, 6) is -3.07. The first kappa shape index (κ1) is 19.2. The smallest absolute Gasteiger partial charge is 0.410 e. The third-order valence-corrected chi connectivity index (χ3v) is 5.49. The van der Waals surface area contributed by atoms with Crippen LogP contribution in [0.5, 0.6) is 5.75 Å². The van der Waals surface area contributed by atoms with Gasteiger partial charge in [0.15, 0.2) is 11.6 Å². The van der Waals surface area contributed by atoms with Crippen molar-refractivity contribution in [3.63, 3.8) is 0 Å². The molecule has 2 amide bonds. The maximum Gasteiger partial charge on any atom is 0.410 e. The quantitative estimate of drug-likeness (QED) is 0.789. The molecule has 6 nitrogen and oxygen atoms in total. The number of amides is 2. The Bertz CT molecular complexity index is 953. The van der Waals surface area contributed by atoms with Gasteiger partial charge in [0, 0.05) is 26.1 Å². The molecule has 1 unspecified atom stereocenters. The first-order valence-corrected chi connectivity index (χ1v) is 9.25. The monoisotopic (exact) mass is 402 g/mol. The van der Waals surface area contributed by atoms with Crippen LogP contribution < -0.4 is 4.74 Å². The molecule has 2 saturated heterocycles. The first-order valence-electron chi connectivity index (χ1n) is 9.25. The summed E-state index contributed by atoms with van der Waals surface area (Å²) >= 11 is 0. The fourth-order valence-corrected chi connectivity index (χ4v) is 4.07. The van der Waals surface area contributed by atoms with Gasteiger partial charge in [0.2, 0.25) is 0 Å². The van der Waals surface area contributed by atoms with Crippen LogP contribution in [0.1, 0.15) is 15.9 Å². The maximum absolute atomic E-state index is 14.4. The number of hydrogen-bond acceptors (Lipinski definition) is 4. The second-order valence-electron chi connectivity index (χ2n) is 7.26. The lowest BCUT2D eigenvalue weighted by Crippen LogP contribution is -2.63. The summed E-state index contributed by atoms with van der Waals surface area (Å²) in [7, 11) is 1.29. The zero-order valence-electron chi connectivity index (χ0n) is 15.9. The van der Waals surface area contributed by atoms with Crippen LogP contribution in [0.3, 0.4) is 0 Å². The highest BCUT2D eigenvalue weighted by atomic mass is 19.2.